The number of aryl methyl sites for hydroxylation is 2. The van der Waals surface area contributed by atoms with Gasteiger partial charge in [-0.1, -0.05) is 11.6 Å². The number of benzene rings is 2. The van der Waals surface area contributed by atoms with Crippen LogP contribution in [0.5, 0.6) is 5.75 Å². The number of methoxy groups -OCH3 is 1. The molecule has 0 fully saturated rings. The Morgan fingerprint density at radius 1 is 1.10 bits per heavy atom. The van der Waals surface area contributed by atoms with E-state index in [0.717, 1.165) is 23.1 Å². The molecule has 0 saturated carbocycles. The molecule has 158 valence electrons. The fraction of sp³-hybridized carbons (Fsp3) is 0.227. The summed E-state index contributed by atoms with van der Waals surface area (Å²) >= 11 is 6.34. The Morgan fingerprint density at radius 3 is 2.30 bits per heavy atom. The Bertz CT molecular complexity index is 947. The van der Waals surface area contributed by atoms with Crippen molar-refractivity contribution in [3.8, 4) is 5.75 Å². The van der Waals surface area contributed by atoms with Gasteiger partial charge in [0.15, 0.2) is 0 Å². The van der Waals surface area contributed by atoms with E-state index >= 15 is 0 Å². The van der Waals surface area contributed by atoms with E-state index in [1.165, 1.54) is 7.11 Å². The molecule has 4 N–H and O–H groups in total. The molecule has 0 unspecified atom stereocenters. The monoisotopic (exact) mass is 427 g/mol. The first-order valence-electron chi connectivity index (χ1n) is 9.34. The smallest absolute Gasteiger partial charge is 0.227 e. The number of carbonyl (C=O) groups excluding carboxylic acids is 1. The lowest BCUT2D eigenvalue weighted by molar-refractivity contribution is 0.112. The van der Waals surface area contributed by atoms with E-state index in [1.54, 1.807) is 24.5 Å². The molecular weight excluding hydrogens is 402 g/mol. The summed E-state index contributed by atoms with van der Waals surface area (Å²) < 4.78 is 5.23. The lowest BCUT2D eigenvalue weighted by atomic mass is 10.0. The molecule has 0 spiro atoms. The van der Waals surface area contributed by atoms with Crippen LogP contribution in [0, 0.1) is 0 Å². The van der Waals surface area contributed by atoms with Crippen molar-refractivity contribution in [2.45, 2.75) is 12.8 Å². The van der Waals surface area contributed by atoms with Crippen LogP contribution in [-0.4, -0.2) is 37.5 Å². The number of anilines is 3. The zero-order valence-electron chi connectivity index (χ0n) is 17.3. The molecule has 3 aromatic rings. The Hall–Kier alpha value is -3.16. The highest BCUT2D eigenvalue weighted by Gasteiger charge is 2.10. The van der Waals surface area contributed by atoms with Crippen molar-refractivity contribution in [2.24, 2.45) is 0 Å². The first kappa shape index (κ1) is 23.1. The van der Waals surface area contributed by atoms with Crippen molar-refractivity contribution in [3.05, 3.63) is 70.5 Å². The highest BCUT2D eigenvalue weighted by atomic mass is 35.5. The maximum Gasteiger partial charge on any atom is 0.227 e. The number of aromatic nitrogens is 2. The van der Waals surface area contributed by atoms with Gasteiger partial charge in [0.1, 0.15) is 12.0 Å². The third-order valence-corrected chi connectivity index (χ3v) is 4.48. The average molecular weight is 428 g/mol. The number of hydrogen-bond donors (Lipinski definition) is 3. The number of halogens is 1. The molecule has 2 aromatic carbocycles. The molecule has 0 amide bonds. The topological polar surface area (TPSA) is 102 Å². The van der Waals surface area contributed by atoms with E-state index < -0.39 is 0 Å². The standard InChI is InChI=1S/C20H19ClN4O2.C2H7N/c1-27-18-9-14(12-26)8-15(19(18)21)3-2-13-10-23-20(24-11-13)25-17-6-4-16(22)5-7-17;1-3-2/h4-12H,2-3,22H2,1H3,(H,23,24,25);3H,1-2H3. The maximum atomic E-state index is 11.1. The third kappa shape index (κ3) is 6.72. The quantitative estimate of drug-likeness (QED) is 0.388. The fourth-order valence-corrected chi connectivity index (χ4v) is 2.88. The second-order valence-electron chi connectivity index (χ2n) is 6.48. The van der Waals surface area contributed by atoms with Gasteiger partial charge < -0.3 is 21.1 Å². The van der Waals surface area contributed by atoms with Gasteiger partial charge in [-0.25, -0.2) is 9.97 Å². The van der Waals surface area contributed by atoms with Gasteiger partial charge in [-0.2, -0.15) is 0 Å². The van der Waals surface area contributed by atoms with Gasteiger partial charge in [-0.3, -0.25) is 4.79 Å². The Kier molecular flexibility index (Phi) is 9.05. The van der Waals surface area contributed by atoms with Crippen LogP contribution in [0.25, 0.3) is 0 Å². The zero-order valence-corrected chi connectivity index (χ0v) is 18.0. The highest BCUT2D eigenvalue weighted by molar-refractivity contribution is 6.33. The average Bonchev–Trinajstić information content (AvgIpc) is 2.76. The predicted octanol–water partition coefficient (Wildman–Crippen LogP) is 3.90. The minimum absolute atomic E-state index is 0.496. The number of nitrogens with two attached hydrogens (primary N) is 1. The minimum Gasteiger partial charge on any atom is -0.495 e. The van der Waals surface area contributed by atoms with Crippen LogP contribution >= 0.6 is 11.6 Å². The number of rotatable bonds is 7. The second kappa shape index (κ2) is 11.7. The number of hydrogen-bond acceptors (Lipinski definition) is 7. The van der Waals surface area contributed by atoms with Crippen molar-refractivity contribution >= 4 is 35.2 Å². The van der Waals surface area contributed by atoms with Crippen molar-refractivity contribution in [2.75, 3.05) is 32.3 Å². The molecule has 0 saturated heterocycles. The zero-order chi connectivity index (χ0) is 21.9. The highest BCUT2D eigenvalue weighted by Crippen LogP contribution is 2.30. The fourth-order valence-electron chi connectivity index (χ4n) is 2.60. The Balaban J connectivity index is 0.00000101. The normalized spacial score (nSPS) is 10.0. The van der Waals surface area contributed by atoms with E-state index in [9.17, 15) is 4.79 Å². The molecule has 0 radical (unpaired) electrons. The van der Waals surface area contributed by atoms with E-state index in [2.05, 4.69) is 20.6 Å². The van der Waals surface area contributed by atoms with Gasteiger partial charge in [-0.15, -0.1) is 0 Å². The molecule has 8 heteroatoms. The van der Waals surface area contributed by atoms with E-state index in [1.807, 2.05) is 38.4 Å². The third-order valence-electron chi connectivity index (χ3n) is 4.05. The van der Waals surface area contributed by atoms with Gasteiger partial charge in [0.2, 0.25) is 5.95 Å². The summed E-state index contributed by atoms with van der Waals surface area (Å²) in [7, 11) is 5.28. The first-order valence-corrected chi connectivity index (χ1v) is 9.72. The SMILES string of the molecule is CNC.COc1cc(C=O)cc(CCc2cnc(Nc3ccc(N)cc3)nc2)c1Cl. The number of nitrogens with one attached hydrogen (secondary N) is 2. The number of aldehydes is 1. The Labute approximate surface area is 181 Å². The number of ether oxygens (including phenoxy) is 1. The summed E-state index contributed by atoms with van der Waals surface area (Å²) in [6.07, 6.45) is 5.64. The summed E-state index contributed by atoms with van der Waals surface area (Å²) in [5.74, 6) is 1.00. The molecule has 0 aliphatic carbocycles. The molecule has 1 heterocycles. The number of nitrogens with zero attached hydrogens (tertiary/aromatic N) is 2. The van der Waals surface area contributed by atoms with Gasteiger partial charge in [0.25, 0.3) is 0 Å². The molecule has 0 atom stereocenters. The first-order chi connectivity index (χ1) is 14.5. The summed E-state index contributed by atoms with van der Waals surface area (Å²) in [5.41, 5.74) is 9.58. The van der Waals surface area contributed by atoms with E-state index in [4.69, 9.17) is 22.1 Å². The maximum absolute atomic E-state index is 11.1. The largest absolute Gasteiger partial charge is 0.495 e. The molecule has 7 nitrogen and oxygen atoms in total. The van der Waals surface area contributed by atoms with Crippen LogP contribution in [0.2, 0.25) is 5.02 Å². The lowest BCUT2D eigenvalue weighted by Gasteiger charge is -2.10. The molecule has 3 rings (SSSR count). The molecule has 0 aliphatic heterocycles. The molecule has 0 aliphatic rings. The van der Waals surface area contributed by atoms with Crippen molar-refractivity contribution < 1.29 is 9.53 Å². The number of nitrogen functional groups attached to an aromatic ring is 1. The summed E-state index contributed by atoms with van der Waals surface area (Å²) in [6.45, 7) is 0. The van der Waals surface area contributed by atoms with Crippen LogP contribution in [0.15, 0.2) is 48.8 Å². The Morgan fingerprint density at radius 2 is 1.73 bits per heavy atom. The number of carbonyl (C=O) groups is 1. The summed E-state index contributed by atoms with van der Waals surface area (Å²) in [6, 6.07) is 10.7. The molecule has 1 aromatic heterocycles. The molecular formula is C22H26ClN5O2. The van der Waals surface area contributed by atoms with E-state index in [0.29, 0.717) is 40.8 Å². The van der Waals surface area contributed by atoms with Gasteiger partial charge >= 0.3 is 0 Å². The van der Waals surface area contributed by atoms with E-state index in [-0.39, 0.29) is 0 Å². The van der Waals surface area contributed by atoms with Crippen LogP contribution in [0.4, 0.5) is 17.3 Å². The lowest BCUT2D eigenvalue weighted by Crippen LogP contribution is -2.00. The van der Waals surface area contributed by atoms with Gasteiger partial charge in [0.05, 0.1) is 12.1 Å². The van der Waals surface area contributed by atoms with Gasteiger partial charge in [0, 0.05) is 29.3 Å². The van der Waals surface area contributed by atoms with Gasteiger partial charge in [-0.05, 0) is 74.5 Å². The molecule has 30 heavy (non-hydrogen) atoms. The summed E-state index contributed by atoms with van der Waals surface area (Å²) in [4.78, 5) is 19.7. The van der Waals surface area contributed by atoms with Crippen LogP contribution < -0.4 is 21.1 Å². The van der Waals surface area contributed by atoms with Crippen molar-refractivity contribution in [1.29, 1.82) is 0 Å². The molecule has 0 bridgehead atoms. The second-order valence-corrected chi connectivity index (χ2v) is 6.85. The van der Waals surface area contributed by atoms with Crippen LogP contribution in [-0.2, 0) is 12.8 Å². The minimum atomic E-state index is 0.496. The predicted molar refractivity (Wildman–Crippen MR) is 122 cm³/mol. The van der Waals surface area contributed by atoms with Crippen molar-refractivity contribution in [3.63, 3.8) is 0 Å². The van der Waals surface area contributed by atoms with Crippen LogP contribution in [0.1, 0.15) is 21.5 Å². The summed E-state index contributed by atoms with van der Waals surface area (Å²) in [5, 5.41) is 6.39. The van der Waals surface area contributed by atoms with Crippen LogP contribution in [0.3, 0.4) is 0 Å². The van der Waals surface area contributed by atoms with Crippen molar-refractivity contribution in [1.82, 2.24) is 15.3 Å².